The van der Waals surface area contributed by atoms with Gasteiger partial charge in [0.05, 0.1) is 0 Å². The van der Waals surface area contributed by atoms with Gasteiger partial charge in [0.1, 0.15) is 11.2 Å². The fraction of sp³-hybridized carbons (Fsp3) is 0.0545. The molecule has 1 heteroatoms. The number of furan rings is 1. The van der Waals surface area contributed by atoms with Gasteiger partial charge in [0.15, 0.2) is 0 Å². The molecule has 0 saturated heterocycles. The average molecular weight is 713 g/mol. The van der Waals surface area contributed by atoms with Crippen molar-refractivity contribution in [1.29, 1.82) is 0 Å². The van der Waals surface area contributed by atoms with Crippen LogP contribution in [0.25, 0.3) is 110 Å². The maximum Gasteiger partial charge on any atom is 0.140 e. The van der Waals surface area contributed by atoms with Crippen molar-refractivity contribution in [2.24, 2.45) is 0 Å². The molecule has 0 amide bonds. The Balaban J connectivity index is 0.981. The maximum atomic E-state index is 6.75. The second-order valence-electron chi connectivity index (χ2n) is 16.0. The molecule has 0 bridgehead atoms. The van der Waals surface area contributed by atoms with Gasteiger partial charge in [-0.3, -0.25) is 0 Å². The molecule has 0 atom stereocenters. The number of hydrogen-bond donors (Lipinski definition) is 0. The molecule has 0 saturated carbocycles. The smallest absolute Gasteiger partial charge is 0.140 e. The minimum Gasteiger partial charge on any atom is -0.456 e. The van der Waals surface area contributed by atoms with Crippen molar-refractivity contribution in [1.82, 2.24) is 0 Å². The van der Waals surface area contributed by atoms with E-state index in [0.717, 1.165) is 11.2 Å². The van der Waals surface area contributed by atoms with Gasteiger partial charge in [-0.05, 0) is 117 Å². The van der Waals surface area contributed by atoms with Gasteiger partial charge in [-0.1, -0.05) is 172 Å². The first-order valence-electron chi connectivity index (χ1n) is 19.6. The summed E-state index contributed by atoms with van der Waals surface area (Å²) in [4.78, 5) is 0. The SMILES string of the molecule is CC1(C)c2ccc(-c3ccc(-c4c5ccccc5c(-c5ccc6ccccc6c5)c5ccccc45)cc3)cc2-c2ccc3c(oc4ccc5ccccc5c43)c21. The van der Waals surface area contributed by atoms with E-state index in [4.69, 9.17) is 4.42 Å². The summed E-state index contributed by atoms with van der Waals surface area (Å²) in [5.41, 5.74) is 14.4. The van der Waals surface area contributed by atoms with Crippen LogP contribution in [0, 0.1) is 0 Å². The molecule has 1 aliphatic carbocycles. The summed E-state index contributed by atoms with van der Waals surface area (Å²) in [6.45, 7) is 4.69. The molecule has 1 heterocycles. The quantitative estimate of drug-likeness (QED) is 0.166. The molecule has 0 radical (unpaired) electrons. The van der Waals surface area contributed by atoms with Gasteiger partial charge in [-0.15, -0.1) is 0 Å². The fourth-order valence-electron chi connectivity index (χ4n) is 10.0. The minimum absolute atomic E-state index is 0.197. The molecular formula is C55H36O. The lowest BCUT2D eigenvalue weighted by Gasteiger charge is -2.21. The highest BCUT2D eigenvalue weighted by Crippen LogP contribution is 2.54. The summed E-state index contributed by atoms with van der Waals surface area (Å²) >= 11 is 0. The molecule has 1 nitrogen and oxygen atoms in total. The summed E-state index contributed by atoms with van der Waals surface area (Å²) in [7, 11) is 0. The molecule has 10 aromatic carbocycles. The van der Waals surface area contributed by atoms with Crippen molar-refractivity contribution in [3.05, 3.63) is 193 Å². The van der Waals surface area contributed by atoms with E-state index in [9.17, 15) is 0 Å². The van der Waals surface area contributed by atoms with E-state index >= 15 is 0 Å². The zero-order chi connectivity index (χ0) is 37.1. The first-order valence-corrected chi connectivity index (χ1v) is 19.6. The van der Waals surface area contributed by atoms with Gasteiger partial charge >= 0.3 is 0 Å². The highest BCUT2D eigenvalue weighted by molar-refractivity contribution is 6.22. The second kappa shape index (κ2) is 11.5. The molecule has 1 aliphatic rings. The van der Waals surface area contributed by atoms with Crippen LogP contribution in [0.15, 0.2) is 186 Å². The van der Waals surface area contributed by atoms with Gasteiger partial charge in [0.2, 0.25) is 0 Å². The van der Waals surface area contributed by atoms with E-state index in [1.54, 1.807) is 0 Å². The molecule has 262 valence electrons. The number of fused-ring (bicyclic) bond motifs is 12. The highest BCUT2D eigenvalue weighted by Gasteiger charge is 2.39. The van der Waals surface area contributed by atoms with Crippen molar-refractivity contribution in [3.63, 3.8) is 0 Å². The molecule has 11 aromatic rings. The van der Waals surface area contributed by atoms with Crippen LogP contribution < -0.4 is 0 Å². The summed E-state index contributed by atoms with van der Waals surface area (Å²) in [6.07, 6.45) is 0. The molecule has 0 unspecified atom stereocenters. The van der Waals surface area contributed by atoms with Gasteiger partial charge in [0, 0.05) is 21.8 Å². The van der Waals surface area contributed by atoms with Gasteiger partial charge in [0.25, 0.3) is 0 Å². The summed E-state index contributed by atoms with van der Waals surface area (Å²) in [6, 6.07) is 67.1. The van der Waals surface area contributed by atoms with Crippen LogP contribution in [0.1, 0.15) is 25.0 Å². The van der Waals surface area contributed by atoms with Gasteiger partial charge in [-0.2, -0.15) is 0 Å². The van der Waals surface area contributed by atoms with Crippen LogP contribution in [0.4, 0.5) is 0 Å². The lowest BCUT2D eigenvalue weighted by molar-refractivity contribution is 0.620. The van der Waals surface area contributed by atoms with Crippen LogP contribution in [-0.4, -0.2) is 0 Å². The average Bonchev–Trinajstić information content (AvgIpc) is 3.74. The zero-order valence-corrected chi connectivity index (χ0v) is 31.2. The summed E-state index contributed by atoms with van der Waals surface area (Å²) in [5.74, 6) is 0. The Kier molecular flexibility index (Phi) is 6.46. The molecule has 12 rings (SSSR count). The largest absolute Gasteiger partial charge is 0.456 e. The van der Waals surface area contributed by atoms with Crippen LogP contribution in [-0.2, 0) is 5.41 Å². The van der Waals surface area contributed by atoms with Crippen LogP contribution in [0.2, 0.25) is 0 Å². The number of rotatable bonds is 3. The van der Waals surface area contributed by atoms with Gasteiger partial charge < -0.3 is 4.42 Å². The maximum absolute atomic E-state index is 6.75. The van der Waals surface area contributed by atoms with E-state index < -0.39 is 0 Å². The summed E-state index contributed by atoms with van der Waals surface area (Å²) in [5, 5.41) is 12.5. The van der Waals surface area contributed by atoms with E-state index in [-0.39, 0.29) is 5.41 Å². The van der Waals surface area contributed by atoms with E-state index in [2.05, 4.69) is 196 Å². The Morgan fingerprint density at radius 2 is 0.929 bits per heavy atom. The Bertz CT molecular complexity index is 3370. The van der Waals surface area contributed by atoms with Gasteiger partial charge in [-0.25, -0.2) is 0 Å². The Morgan fingerprint density at radius 1 is 0.375 bits per heavy atom. The highest BCUT2D eigenvalue weighted by atomic mass is 16.3. The molecular weight excluding hydrogens is 677 g/mol. The molecule has 56 heavy (non-hydrogen) atoms. The molecule has 0 spiro atoms. The third-order valence-corrected chi connectivity index (χ3v) is 12.6. The molecule has 0 aliphatic heterocycles. The van der Waals surface area contributed by atoms with E-state index in [0.29, 0.717) is 0 Å². The number of benzene rings is 10. The number of hydrogen-bond acceptors (Lipinski definition) is 1. The molecule has 0 N–H and O–H groups in total. The predicted octanol–water partition coefficient (Wildman–Crippen LogP) is 15.5. The normalized spacial score (nSPS) is 13.3. The van der Waals surface area contributed by atoms with Crippen molar-refractivity contribution in [2.75, 3.05) is 0 Å². The second-order valence-corrected chi connectivity index (χ2v) is 16.0. The van der Waals surface area contributed by atoms with E-state index in [1.165, 1.54) is 109 Å². The van der Waals surface area contributed by atoms with Crippen molar-refractivity contribution in [3.8, 4) is 44.5 Å². The summed E-state index contributed by atoms with van der Waals surface area (Å²) < 4.78 is 6.75. The first kappa shape index (κ1) is 31.4. The zero-order valence-electron chi connectivity index (χ0n) is 31.2. The van der Waals surface area contributed by atoms with Crippen molar-refractivity contribution < 1.29 is 4.42 Å². The molecule has 0 fully saturated rings. The third kappa shape index (κ3) is 4.37. The van der Waals surface area contributed by atoms with Crippen LogP contribution >= 0.6 is 0 Å². The Labute approximate surface area is 325 Å². The minimum atomic E-state index is -0.197. The third-order valence-electron chi connectivity index (χ3n) is 12.6. The van der Waals surface area contributed by atoms with E-state index in [1.807, 2.05) is 0 Å². The fourth-order valence-corrected chi connectivity index (χ4v) is 10.0. The standard InChI is InChI=1S/C55H36O/c1-55(2)48-29-25-38(32-47(48)45-27-28-46-52-40-14-6-5-12-35(40)26-30-49(52)56-54(46)53(45)55)34-19-22-36(23-20-34)50-41-15-7-9-17-43(41)51(44-18-10-8-16-42(44)50)39-24-21-33-11-3-4-13-37(33)31-39/h3-32H,1-2H3. The predicted molar refractivity (Wildman–Crippen MR) is 238 cm³/mol. The lowest BCUT2D eigenvalue weighted by Crippen LogP contribution is -2.15. The van der Waals surface area contributed by atoms with Crippen molar-refractivity contribution >= 4 is 65.0 Å². The van der Waals surface area contributed by atoms with Crippen LogP contribution in [0.3, 0.4) is 0 Å². The Morgan fingerprint density at radius 3 is 1.64 bits per heavy atom. The topological polar surface area (TPSA) is 13.1 Å². The lowest BCUT2D eigenvalue weighted by atomic mass is 9.81. The van der Waals surface area contributed by atoms with Crippen molar-refractivity contribution in [2.45, 2.75) is 19.3 Å². The first-order chi connectivity index (χ1) is 27.5. The molecule has 1 aromatic heterocycles. The van der Waals surface area contributed by atoms with Crippen LogP contribution in [0.5, 0.6) is 0 Å². The monoisotopic (exact) mass is 712 g/mol. The Hall–Kier alpha value is -6.96.